The highest BCUT2D eigenvalue weighted by molar-refractivity contribution is 7.15. The molecule has 1 aromatic heterocycles. The Morgan fingerprint density at radius 2 is 2.00 bits per heavy atom. The lowest BCUT2D eigenvalue weighted by atomic mass is 9.95. The van der Waals surface area contributed by atoms with E-state index < -0.39 is 0 Å². The lowest BCUT2D eigenvalue weighted by molar-refractivity contribution is 0.126. The molecule has 2 amide bonds. The normalized spacial score (nSPS) is 21.0. The minimum absolute atomic E-state index is 0.0754. The Labute approximate surface area is 127 Å². The van der Waals surface area contributed by atoms with Gasteiger partial charge in [-0.1, -0.05) is 41.7 Å². The van der Waals surface area contributed by atoms with Gasteiger partial charge in [-0.25, -0.2) is 4.79 Å². The van der Waals surface area contributed by atoms with Crippen LogP contribution >= 0.6 is 11.3 Å². The van der Waals surface area contributed by atoms with Gasteiger partial charge >= 0.3 is 6.03 Å². The molecule has 2 fully saturated rings. The van der Waals surface area contributed by atoms with E-state index in [0.29, 0.717) is 11.0 Å². The van der Waals surface area contributed by atoms with Gasteiger partial charge in [-0.3, -0.25) is 5.32 Å². The highest BCUT2D eigenvalue weighted by atomic mass is 32.1. The van der Waals surface area contributed by atoms with Crippen molar-refractivity contribution in [3.05, 3.63) is 40.9 Å². The zero-order valence-electron chi connectivity index (χ0n) is 11.5. The van der Waals surface area contributed by atoms with Crippen LogP contribution < -0.4 is 5.32 Å². The number of carbonyl (C=O) groups excluding carboxylic acids is 1. The number of amides is 2. The second-order valence-corrected chi connectivity index (χ2v) is 6.57. The molecular formula is C15H16N4OS. The van der Waals surface area contributed by atoms with Crippen molar-refractivity contribution in [2.24, 2.45) is 0 Å². The van der Waals surface area contributed by atoms with E-state index in [9.17, 15) is 4.79 Å². The number of benzene rings is 1. The molecule has 1 aliphatic heterocycles. The minimum Gasteiger partial charge on any atom is -0.317 e. The van der Waals surface area contributed by atoms with Crippen LogP contribution in [0.4, 0.5) is 9.93 Å². The predicted octanol–water partition coefficient (Wildman–Crippen LogP) is 3.39. The summed E-state index contributed by atoms with van der Waals surface area (Å²) in [6.45, 7) is 0.791. The summed E-state index contributed by atoms with van der Waals surface area (Å²) in [5.41, 5.74) is 1.19. The number of nitrogens with zero attached hydrogens (tertiary/aromatic N) is 3. The molecule has 21 heavy (non-hydrogen) atoms. The number of urea groups is 1. The summed E-state index contributed by atoms with van der Waals surface area (Å²) in [6, 6.07) is 10.3. The Hall–Kier alpha value is -1.95. The zero-order valence-corrected chi connectivity index (χ0v) is 12.3. The number of carbonyl (C=O) groups is 1. The van der Waals surface area contributed by atoms with E-state index in [1.165, 1.54) is 29.7 Å². The maximum Gasteiger partial charge on any atom is 0.324 e. The van der Waals surface area contributed by atoms with Crippen LogP contribution in [-0.2, 0) is 0 Å². The van der Waals surface area contributed by atoms with E-state index in [2.05, 4.69) is 27.6 Å². The molecule has 5 nitrogen and oxygen atoms in total. The third-order valence-electron chi connectivity index (χ3n) is 4.05. The van der Waals surface area contributed by atoms with Crippen LogP contribution in [0.2, 0.25) is 0 Å². The standard InChI is InChI=1S/C15H16N4OS/c20-15(16-14-18-17-13(21-14)11-6-7-11)19-9-8-12(19)10-4-2-1-3-5-10/h1-5,11-12H,6-9H2,(H,16,18,20)/t12-/m0/s1. The minimum atomic E-state index is -0.0754. The first kappa shape index (κ1) is 12.8. The molecule has 0 bridgehead atoms. The first-order valence-electron chi connectivity index (χ1n) is 7.27. The molecule has 6 heteroatoms. The van der Waals surface area contributed by atoms with Crippen molar-refractivity contribution in [2.75, 3.05) is 11.9 Å². The van der Waals surface area contributed by atoms with Gasteiger partial charge in [0.15, 0.2) is 0 Å². The molecule has 1 aromatic carbocycles. The quantitative estimate of drug-likeness (QED) is 0.945. The molecule has 1 atom stereocenters. The number of anilines is 1. The molecule has 2 aliphatic rings. The summed E-state index contributed by atoms with van der Waals surface area (Å²) in [6.07, 6.45) is 3.41. The molecule has 0 spiro atoms. The van der Waals surface area contributed by atoms with Gasteiger partial charge < -0.3 is 4.90 Å². The Kier molecular flexibility index (Phi) is 3.11. The molecule has 1 saturated carbocycles. The summed E-state index contributed by atoms with van der Waals surface area (Å²) in [7, 11) is 0. The van der Waals surface area contributed by atoms with Gasteiger partial charge in [0.1, 0.15) is 5.01 Å². The van der Waals surface area contributed by atoms with Gasteiger partial charge in [0.25, 0.3) is 0 Å². The zero-order chi connectivity index (χ0) is 14.2. The van der Waals surface area contributed by atoms with E-state index in [0.717, 1.165) is 18.0 Å². The Morgan fingerprint density at radius 1 is 1.19 bits per heavy atom. The average molecular weight is 300 g/mol. The van der Waals surface area contributed by atoms with Gasteiger partial charge in [-0.15, -0.1) is 10.2 Å². The summed E-state index contributed by atoms with van der Waals surface area (Å²) in [5.74, 6) is 0.578. The smallest absolute Gasteiger partial charge is 0.317 e. The monoisotopic (exact) mass is 300 g/mol. The second kappa shape index (κ2) is 5.11. The fraction of sp³-hybridized carbons (Fsp3) is 0.400. The third kappa shape index (κ3) is 2.51. The van der Waals surface area contributed by atoms with E-state index in [1.807, 2.05) is 23.1 Å². The third-order valence-corrected chi connectivity index (χ3v) is 5.05. The van der Waals surface area contributed by atoms with Crippen molar-refractivity contribution in [2.45, 2.75) is 31.2 Å². The van der Waals surface area contributed by atoms with Crippen LogP contribution in [0.25, 0.3) is 0 Å². The van der Waals surface area contributed by atoms with Crippen molar-refractivity contribution < 1.29 is 4.79 Å². The maximum absolute atomic E-state index is 12.3. The Morgan fingerprint density at radius 3 is 2.67 bits per heavy atom. The maximum atomic E-state index is 12.3. The number of likely N-dealkylation sites (tertiary alicyclic amines) is 1. The topological polar surface area (TPSA) is 58.1 Å². The SMILES string of the molecule is O=C(Nc1nnc(C2CC2)s1)N1CC[C@H]1c1ccccc1. The molecule has 2 aromatic rings. The number of aromatic nitrogens is 2. The summed E-state index contributed by atoms with van der Waals surface area (Å²) in [5, 5.41) is 12.8. The van der Waals surface area contributed by atoms with Crippen LogP contribution in [0.3, 0.4) is 0 Å². The molecule has 1 N–H and O–H groups in total. The molecule has 1 saturated heterocycles. The molecular weight excluding hydrogens is 284 g/mol. The van der Waals surface area contributed by atoms with Crippen molar-refractivity contribution in [1.29, 1.82) is 0 Å². The van der Waals surface area contributed by atoms with Gasteiger partial charge in [0.05, 0.1) is 6.04 Å². The Bertz CT molecular complexity index is 653. The van der Waals surface area contributed by atoms with E-state index >= 15 is 0 Å². The molecule has 4 rings (SSSR count). The van der Waals surface area contributed by atoms with Crippen molar-refractivity contribution >= 4 is 22.5 Å². The molecule has 0 radical (unpaired) electrons. The summed E-state index contributed by atoms with van der Waals surface area (Å²) < 4.78 is 0. The van der Waals surface area contributed by atoms with Crippen molar-refractivity contribution in [1.82, 2.24) is 15.1 Å². The van der Waals surface area contributed by atoms with E-state index in [1.54, 1.807) is 0 Å². The number of hydrogen-bond acceptors (Lipinski definition) is 4. The number of hydrogen-bond donors (Lipinski definition) is 1. The lowest BCUT2D eigenvalue weighted by Gasteiger charge is -2.40. The Balaban J connectivity index is 1.42. The van der Waals surface area contributed by atoms with Gasteiger partial charge in [0, 0.05) is 12.5 Å². The first-order chi connectivity index (χ1) is 10.3. The molecule has 0 unspecified atom stereocenters. The second-order valence-electron chi connectivity index (χ2n) is 5.56. The fourth-order valence-electron chi connectivity index (χ4n) is 2.60. The highest BCUT2D eigenvalue weighted by Gasteiger charge is 2.34. The van der Waals surface area contributed by atoms with Crippen LogP contribution in [-0.4, -0.2) is 27.7 Å². The lowest BCUT2D eigenvalue weighted by Crippen LogP contribution is -2.47. The fourth-order valence-corrected chi connectivity index (χ4v) is 3.50. The first-order valence-corrected chi connectivity index (χ1v) is 8.09. The molecule has 2 heterocycles. The molecule has 108 valence electrons. The van der Waals surface area contributed by atoms with Gasteiger partial charge in [0.2, 0.25) is 5.13 Å². The van der Waals surface area contributed by atoms with E-state index in [-0.39, 0.29) is 12.1 Å². The summed E-state index contributed by atoms with van der Waals surface area (Å²) in [4.78, 5) is 14.2. The van der Waals surface area contributed by atoms with Crippen molar-refractivity contribution in [3.63, 3.8) is 0 Å². The summed E-state index contributed by atoms with van der Waals surface area (Å²) >= 11 is 1.50. The van der Waals surface area contributed by atoms with Gasteiger partial charge in [-0.05, 0) is 24.8 Å². The average Bonchev–Trinajstić information content (AvgIpc) is 3.20. The van der Waals surface area contributed by atoms with Crippen LogP contribution in [0, 0.1) is 0 Å². The van der Waals surface area contributed by atoms with Crippen LogP contribution in [0.1, 0.15) is 41.8 Å². The molecule has 1 aliphatic carbocycles. The van der Waals surface area contributed by atoms with Crippen LogP contribution in [0.5, 0.6) is 0 Å². The predicted molar refractivity (Wildman–Crippen MR) is 81.4 cm³/mol. The van der Waals surface area contributed by atoms with E-state index in [4.69, 9.17) is 0 Å². The van der Waals surface area contributed by atoms with Gasteiger partial charge in [-0.2, -0.15) is 0 Å². The van der Waals surface area contributed by atoms with Crippen molar-refractivity contribution in [3.8, 4) is 0 Å². The number of rotatable bonds is 3. The van der Waals surface area contributed by atoms with Crippen LogP contribution in [0.15, 0.2) is 30.3 Å². The highest BCUT2D eigenvalue weighted by Crippen LogP contribution is 2.42. The largest absolute Gasteiger partial charge is 0.324 e. The number of nitrogens with one attached hydrogen (secondary N) is 1.